The molecule has 144 valence electrons. The standard InChI is InChI=1S/C18H16ClN5O3S/c1-11(17(25)20-16-9-8-14(24(26)27)10-15(16)19)28-18-22-21-12(2)23(18)13-6-4-3-5-7-13/h3-11H,1-2H3,(H,20,25). The van der Waals surface area contributed by atoms with Crippen molar-refractivity contribution in [1.82, 2.24) is 14.8 Å². The number of hydrogen-bond acceptors (Lipinski definition) is 6. The maximum Gasteiger partial charge on any atom is 0.271 e. The van der Waals surface area contributed by atoms with E-state index in [0.717, 1.165) is 5.69 Å². The molecule has 10 heteroatoms. The Labute approximate surface area is 170 Å². The highest BCUT2D eigenvalue weighted by molar-refractivity contribution is 8.00. The first-order chi connectivity index (χ1) is 13.4. The monoisotopic (exact) mass is 417 g/mol. The second-order valence-corrected chi connectivity index (χ2v) is 7.59. The SMILES string of the molecule is Cc1nnc(SC(C)C(=O)Nc2ccc([N+](=O)[O-])cc2Cl)n1-c1ccccc1. The molecule has 0 aliphatic carbocycles. The van der Waals surface area contributed by atoms with Crippen molar-refractivity contribution in [2.45, 2.75) is 24.3 Å². The highest BCUT2D eigenvalue weighted by atomic mass is 35.5. The van der Waals surface area contributed by atoms with Gasteiger partial charge in [0.1, 0.15) is 5.82 Å². The zero-order valence-corrected chi connectivity index (χ0v) is 16.6. The third-order valence-electron chi connectivity index (χ3n) is 3.88. The Morgan fingerprint density at radius 1 is 1.25 bits per heavy atom. The Balaban J connectivity index is 1.75. The van der Waals surface area contributed by atoms with Gasteiger partial charge in [-0.2, -0.15) is 0 Å². The molecule has 0 spiro atoms. The Hall–Kier alpha value is -2.91. The van der Waals surface area contributed by atoms with Gasteiger partial charge in [-0.05, 0) is 32.0 Å². The Morgan fingerprint density at radius 2 is 1.96 bits per heavy atom. The van der Waals surface area contributed by atoms with Gasteiger partial charge in [-0.25, -0.2) is 0 Å². The van der Waals surface area contributed by atoms with Gasteiger partial charge in [-0.1, -0.05) is 41.6 Å². The molecule has 3 aromatic rings. The van der Waals surface area contributed by atoms with Gasteiger partial charge in [0.05, 0.1) is 20.9 Å². The number of rotatable bonds is 6. The first-order valence-electron chi connectivity index (χ1n) is 8.25. The van der Waals surface area contributed by atoms with Gasteiger partial charge in [0.2, 0.25) is 5.91 Å². The van der Waals surface area contributed by atoms with Crippen LogP contribution in [0.15, 0.2) is 53.7 Å². The highest BCUT2D eigenvalue weighted by Crippen LogP contribution is 2.29. The Morgan fingerprint density at radius 3 is 2.61 bits per heavy atom. The minimum Gasteiger partial charge on any atom is -0.324 e. The smallest absolute Gasteiger partial charge is 0.271 e. The molecule has 1 aromatic heterocycles. The van der Waals surface area contributed by atoms with Crippen molar-refractivity contribution < 1.29 is 9.72 Å². The number of carbonyl (C=O) groups excluding carboxylic acids is 1. The first kappa shape index (κ1) is 19.8. The van der Waals surface area contributed by atoms with Crippen LogP contribution in [-0.4, -0.2) is 30.8 Å². The summed E-state index contributed by atoms with van der Waals surface area (Å²) in [6.07, 6.45) is 0. The zero-order chi connectivity index (χ0) is 20.3. The summed E-state index contributed by atoms with van der Waals surface area (Å²) in [4.78, 5) is 22.8. The Bertz CT molecular complexity index is 1030. The Kier molecular flexibility index (Phi) is 5.96. The largest absolute Gasteiger partial charge is 0.324 e. The molecule has 3 rings (SSSR count). The highest BCUT2D eigenvalue weighted by Gasteiger charge is 2.21. The van der Waals surface area contributed by atoms with E-state index in [4.69, 9.17) is 11.6 Å². The molecule has 1 N–H and O–H groups in total. The van der Waals surface area contributed by atoms with Crippen molar-refractivity contribution in [3.05, 3.63) is 69.5 Å². The zero-order valence-electron chi connectivity index (χ0n) is 15.0. The predicted molar refractivity (Wildman–Crippen MR) is 108 cm³/mol. The van der Waals surface area contributed by atoms with Crippen LogP contribution in [0.25, 0.3) is 5.69 Å². The minimum atomic E-state index is -0.547. The topological polar surface area (TPSA) is 103 Å². The van der Waals surface area contributed by atoms with Crippen molar-refractivity contribution in [1.29, 1.82) is 0 Å². The fourth-order valence-electron chi connectivity index (χ4n) is 2.46. The molecule has 1 atom stereocenters. The van der Waals surface area contributed by atoms with Crippen molar-refractivity contribution in [3.8, 4) is 5.69 Å². The van der Waals surface area contributed by atoms with Crippen LogP contribution in [0.4, 0.5) is 11.4 Å². The summed E-state index contributed by atoms with van der Waals surface area (Å²) in [5.41, 5.74) is 1.07. The molecule has 2 aromatic carbocycles. The lowest BCUT2D eigenvalue weighted by molar-refractivity contribution is -0.384. The third kappa shape index (κ3) is 4.32. The number of carbonyl (C=O) groups is 1. The van der Waals surface area contributed by atoms with Crippen molar-refractivity contribution in [2.75, 3.05) is 5.32 Å². The van der Waals surface area contributed by atoms with Crippen LogP contribution in [-0.2, 0) is 4.79 Å². The van der Waals surface area contributed by atoms with E-state index in [0.29, 0.717) is 16.7 Å². The molecule has 1 unspecified atom stereocenters. The maximum absolute atomic E-state index is 12.6. The predicted octanol–water partition coefficient (Wildman–Crippen LogP) is 4.26. The van der Waals surface area contributed by atoms with E-state index in [1.54, 1.807) is 6.92 Å². The second-order valence-electron chi connectivity index (χ2n) is 5.87. The molecule has 1 heterocycles. The van der Waals surface area contributed by atoms with Gasteiger partial charge in [-0.15, -0.1) is 10.2 Å². The van der Waals surface area contributed by atoms with E-state index in [-0.39, 0.29) is 16.6 Å². The van der Waals surface area contributed by atoms with E-state index in [2.05, 4.69) is 15.5 Å². The summed E-state index contributed by atoms with van der Waals surface area (Å²) in [5, 5.41) is 21.9. The van der Waals surface area contributed by atoms with E-state index >= 15 is 0 Å². The molecule has 8 nitrogen and oxygen atoms in total. The van der Waals surface area contributed by atoms with Crippen LogP contribution in [0.2, 0.25) is 5.02 Å². The number of benzene rings is 2. The lowest BCUT2D eigenvalue weighted by atomic mass is 10.2. The summed E-state index contributed by atoms with van der Waals surface area (Å²) >= 11 is 7.29. The van der Waals surface area contributed by atoms with Gasteiger partial charge in [-0.3, -0.25) is 19.5 Å². The number of aromatic nitrogens is 3. The van der Waals surface area contributed by atoms with Gasteiger partial charge < -0.3 is 5.32 Å². The van der Waals surface area contributed by atoms with Crippen LogP contribution >= 0.6 is 23.4 Å². The minimum absolute atomic E-state index is 0.100. The molecule has 0 fully saturated rings. The molecule has 0 aliphatic rings. The number of non-ortho nitro benzene ring substituents is 1. The molecule has 1 amide bonds. The number of anilines is 1. The molecule has 0 saturated carbocycles. The summed E-state index contributed by atoms with van der Waals surface area (Å²) < 4.78 is 1.87. The van der Waals surface area contributed by atoms with E-state index < -0.39 is 10.2 Å². The number of nitrogens with zero attached hydrogens (tertiary/aromatic N) is 4. The average molecular weight is 418 g/mol. The fourth-order valence-corrected chi connectivity index (χ4v) is 3.59. The number of amides is 1. The van der Waals surface area contributed by atoms with Gasteiger partial charge in [0.25, 0.3) is 5.69 Å². The lowest BCUT2D eigenvalue weighted by Crippen LogP contribution is -2.23. The number of aryl methyl sites for hydroxylation is 1. The van der Waals surface area contributed by atoms with Gasteiger partial charge in [0, 0.05) is 17.8 Å². The third-order valence-corrected chi connectivity index (χ3v) is 5.24. The molecular formula is C18H16ClN5O3S. The van der Waals surface area contributed by atoms with Crippen molar-refractivity contribution >= 4 is 40.6 Å². The van der Waals surface area contributed by atoms with E-state index in [1.807, 2.05) is 41.8 Å². The van der Waals surface area contributed by atoms with Gasteiger partial charge in [0.15, 0.2) is 5.16 Å². The van der Waals surface area contributed by atoms with E-state index in [1.165, 1.54) is 30.0 Å². The molecule has 0 saturated heterocycles. The maximum atomic E-state index is 12.6. The van der Waals surface area contributed by atoms with E-state index in [9.17, 15) is 14.9 Å². The second kappa shape index (κ2) is 8.41. The van der Waals surface area contributed by atoms with Crippen LogP contribution in [0.3, 0.4) is 0 Å². The summed E-state index contributed by atoms with van der Waals surface area (Å²) in [6, 6.07) is 13.5. The van der Waals surface area contributed by atoms with Crippen LogP contribution in [0.5, 0.6) is 0 Å². The summed E-state index contributed by atoms with van der Waals surface area (Å²) in [6.45, 7) is 3.57. The van der Waals surface area contributed by atoms with Gasteiger partial charge >= 0.3 is 0 Å². The molecule has 0 aliphatic heterocycles. The molecule has 0 bridgehead atoms. The average Bonchev–Trinajstić information content (AvgIpc) is 3.03. The van der Waals surface area contributed by atoms with Crippen molar-refractivity contribution in [3.63, 3.8) is 0 Å². The quantitative estimate of drug-likeness (QED) is 0.365. The number of hydrogen-bond donors (Lipinski definition) is 1. The fraction of sp³-hybridized carbons (Fsp3) is 0.167. The number of nitrogens with one attached hydrogen (secondary N) is 1. The summed E-state index contributed by atoms with van der Waals surface area (Å²) in [5.74, 6) is 0.403. The summed E-state index contributed by atoms with van der Waals surface area (Å²) in [7, 11) is 0. The number of nitro benzene ring substituents is 1. The normalized spacial score (nSPS) is 11.8. The number of nitro groups is 1. The molecular weight excluding hydrogens is 402 g/mol. The molecule has 28 heavy (non-hydrogen) atoms. The van der Waals surface area contributed by atoms with Crippen LogP contribution < -0.4 is 5.32 Å². The molecule has 0 radical (unpaired) electrons. The lowest BCUT2D eigenvalue weighted by Gasteiger charge is -2.14. The first-order valence-corrected chi connectivity index (χ1v) is 9.51. The number of para-hydroxylation sites is 1. The van der Waals surface area contributed by atoms with Crippen molar-refractivity contribution in [2.24, 2.45) is 0 Å². The van der Waals surface area contributed by atoms with Crippen LogP contribution in [0.1, 0.15) is 12.7 Å². The van der Waals surface area contributed by atoms with Crippen LogP contribution in [0, 0.1) is 17.0 Å². The number of thioether (sulfide) groups is 1. The number of halogens is 1.